The number of aliphatic hydroxyl groups excluding tert-OH is 1. The van der Waals surface area contributed by atoms with E-state index in [1.54, 1.807) is 0 Å². The minimum absolute atomic E-state index is 0.257. The SMILES string of the molecule is CCCNC1CCC(CC)CC1CN(C)C(C)CO. The molecule has 0 bridgehead atoms. The molecular formula is C16H34N2O. The molecule has 0 heterocycles. The second kappa shape index (κ2) is 8.93. The molecule has 2 N–H and O–H groups in total. The van der Waals surface area contributed by atoms with Crippen LogP contribution in [-0.2, 0) is 0 Å². The van der Waals surface area contributed by atoms with Gasteiger partial charge in [-0.3, -0.25) is 0 Å². The van der Waals surface area contributed by atoms with Crippen molar-refractivity contribution < 1.29 is 5.11 Å². The van der Waals surface area contributed by atoms with Crippen LogP contribution in [0.15, 0.2) is 0 Å². The molecule has 0 radical (unpaired) electrons. The Balaban J connectivity index is 2.54. The van der Waals surface area contributed by atoms with E-state index in [1.165, 1.54) is 32.1 Å². The Morgan fingerprint density at radius 2 is 2.05 bits per heavy atom. The molecule has 0 amide bonds. The average molecular weight is 270 g/mol. The maximum atomic E-state index is 9.28. The lowest BCUT2D eigenvalue weighted by molar-refractivity contribution is 0.104. The molecule has 4 unspecified atom stereocenters. The lowest BCUT2D eigenvalue weighted by Crippen LogP contribution is -2.47. The van der Waals surface area contributed by atoms with Gasteiger partial charge in [0.1, 0.15) is 0 Å². The van der Waals surface area contributed by atoms with Gasteiger partial charge in [-0.2, -0.15) is 0 Å². The fraction of sp³-hybridized carbons (Fsp3) is 1.00. The summed E-state index contributed by atoms with van der Waals surface area (Å²) in [5.41, 5.74) is 0. The zero-order chi connectivity index (χ0) is 14.3. The van der Waals surface area contributed by atoms with Crippen LogP contribution in [0.5, 0.6) is 0 Å². The monoisotopic (exact) mass is 270 g/mol. The second-order valence-corrected chi connectivity index (χ2v) is 6.38. The molecule has 1 saturated carbocycles. The van der Waals surface area contributed by atoms with Gasteiger partial charge in [-0.05, 0) is 58.0 Å². The quantitative estimate of drug-likeness (QED) is 0.711. The largest absolute Gasteiger partial charge is 0.395 e. The van der Waals surface area contributed by atoms with Gasteiger partial charge in [-0.25, -0.2) is 0 Å². The van der Waals surface area contributed by atoms with Gasteiger partial charge in [0.2, 0.25) is 0 Å². The van der Waals surface area contributed by atoms with Crippen molar-refractivity contribution >= 4 is 0 Å². The van der Waals surface area contributed by atoms with Crippen LogP contribution < -0.4 is 5.32 Å². The van der Waals surface area contributed by atoms with Crippen LogP contribution in [0.2, 0.25) is 0 Å². The lowest BCUT2D eigenvalue weighted by Gasteiger charge is -2.39. The predicted molar refractivity (Wildman–Crippen MR) is 82.4 cm³/mol. The molecule has 1 rings (SSSR count). The van der Waals surface area contributed by atoms with Gasteiger partial charge in [0, 0.05) is 18.6 Å². The van der Waals surface area contributed by atoms with Crippen LogP contribution in [0.3, 0.4) is 0 Å². The molecule has 0 saturated heterocycles. The standard InChI is InChI=1S/C16H34N2O/c1-5-9-17-16-8-7-14(6-2)10-15(16)11-18(4)13(3)12-19/h13-17,19H,5-12H2,1-4H3. The lowest BCUT2D eigenvalue weighted by atomic mass is 9.76. The van der Waals surface area contributed by atoms with E-state index < -0.39 is 0 Å². The van der Waals surface area contributed by atoms with E-state index in [2.05, 4.69) is 38.0 Å². The summed E-state index contributed by atoms with van der Waals surface area (Å²) in [6.45, 7) is 9.17. The first-order chi connectivity index (χ1) is 9.12. The predicted octanol–water partition coefficient (Wildman–Crippen LogP) is 2.49. The highest BCUT2D eigenvalue weighted by molar-refractivity contribution is 4.86. The normalized spacial score (nSPS) is 29.7. The molecule has 0 aromatic rings. The summed E-state index contributed by atoms with van der Waals surface area (Å²) in [7, 11) is 2.15. The average Bonchev–Trinajstić information content (AvgIpc) is 2.44. The summed E-state index contributed by atoms with van der Waals surface area (Å²) in [5.74, 6) is 1.65. The minimum Gasteiger partial charge on any atom is -0.395 e. The molecule has 1 fully saturated rings. The van der Waals surface area contributed by atoms with E-state index >= 15 is 0 Å². The zero-order valence-electron chi connectivity index (χ0n) is 13.4. The third-order valence-corrected chi connectivity index (χ3v) is 4.86. The number of hydrogen-bond donors (Lipinski definition) is 2. The van der Waals surface area contributed by atoms with Crippen molar-refractivity contribution in [1.82, 2.24) is 10.2 Å². The molecular weight excluding hydrogens is 236 g/mol. The molecule has 3 nitrogen and oxygen atoms in total. The molecule has 1 aliphatic rings. The van der Waals surface area contributed by atoms with Crippen molar-refractivity contribution in [2.45, 2.75) is 65.0 Å². The first-order valence-electron chi connectivity index (χ1n) is 8.16. The molecule has 0 aliphatic heterocycles. The van der Waals surface area contributed by atoms with Gasteiger partial charge in [0.05, 0.1) is 6.61 Å². The van der Waals surface area contributed by atoms with E-state index in [1.807, 2.05) is 0 Å². The van der Waals surface area contributed by atoms with E-state index in [4.69, 9.17) is 0 Å². The van der Waals surface area contributed by atoms with E-state index in [-0.39, 0.29) is 12.6 Å². The smallest absolute Gasteiger partial charge is 0.0584 e. The van der Waals surface area contributed by atoms with Gasteiger partial charge in [0.25, 0.3) is 0 Å². The van der Waals surface area contributed by atoms with Gasteiger partial charge in [-0.1, -0.05) is 20.3 Å². The number of hydrogen-bond acceptors (Lipinski definition) is 3. The van der Waals surface area contributed by atoms with Crippen molar-refractivity contribution in [3.8, 4) is 0 Å². The van der Waals surface area contributed by atoms with Crippen LogP contribution in [-0.4, -0.2) is 48.8 Å². The third-order valence-electron chi connectivity index (χ3n) is 4.86. The summed E-state index contributed by atoms with van der Waals surface area (Å²) >= 11 is 0. The van der Waals surface area contributed by atoms with E-state index in [0.717, 1.165) is 24.9 Å². The molecule has 4 atom stereocenters. The Morgan fingerprint density at radius 1 is 1.32 bits per heavy atom. The van der Waals surface area contributed by atoms with Crippen LogP contribution in [0.4, 0.5) is 0 Å². The van der Waals surface area contributed by atoms with Crippen LogP contribution in [0, 0.1) is 11.8 Å². The van der Waals surface area contributed by atoms with Gasteiger partial charge < -0.3 is 15.3 Å². The fourth-order valence-corrected chi connectivity index (χ4v) is 3.22. The highest BCUT2D eigenvalue weighted by Gasteiger charge is 2.30. The van der Waals surface area contributed by atoms with Crippen LogP contribution in [0.1, 0.15) is 52.9 Å². The molecule has 0 spiro atoms. The zero-order valence-corrected chi connectivity index (χ0v) is 13.4. The number of rotatable bonds is 8. The minimum atomic E-state index is 0.257. The maximum absolute atomic E-state index is 9.28. The summed E-state index contributed by atoms with van der Waals surface area (Å²) in [6, 6.07) is 0.949. The van der Waals surface area contributed by atoms with Crippen molar-refractivity contribution in [3.63, 3.8) is 0 Å². The second-order valence-electron chi connectivity index (χ2n) is 6.38. The Kier molecular flexibility index (Phi) is 7.96. The molecule has 1 aliphatic carbocycles. The van der Waals surface area contributed by atoms with Gasteiger partial charge >= 0.3 is 0 Å². The number of aliphatic hydroxyl groups is 1. The Bertz CT molecular complexity index is 235. The Morgan fingerprint density at radius 3 is 2.63 bits per heavy atom. The van der Waals surface area contributed by atoms with E-state index in [0.29, 0.717) is 6.04 Å². The molecule has 114 valence electrons. The Hall–Kier alpha value is -0.120. The van der Waals surface area contributed by atoms with Crippen LogP contribution >= 0.6 is 0 Å². The molecule has 3 heteroatoms. The fourth-order valence-electron chi connectivity index (χ4n) is 3.22. The summed E-state index contributed by atoms with van der Waals surface area (Å²) < 4.78 is 0. The van der Waals surface area contributed by atoms with Gasteiger partial charge in [-0.15, -0.1) is 0 Å². The summed E-state index contributed by atoms with van der Waals surface area (Å²) in [6.07, 6.45) is 6.58. The summed E-state index contributed by atoms with van der Waals surface area (Å²) in [5, 5.41) is 13.0. The molecule has 19 heavy (non-hydrogen) atoms. The Labute approximate surface area is 119 Å². The van der Waals surface area contributed by atoms with Crippen molar-refractivity contribution in [2.24, 2.45) is 11.8 Å². The van der Waals surface area contributed by atoms with Crippen LogP contribution in [0.25, 0.3) is 0 Å². The van der Waals surface area contributed by atoms with Crippen molar-refractivity contribution in [1.29, 1.82) is 0 Å². The number of likely N-dealkylation sites (N-methyl/N-ethyl adjacent to an activating group) is 1. The maximum Gasteiger partial charge on any atom is 0.0584 e. The van der Waals surface area contributed by atoms with E-state index in [9.17, 15) is 5.11 Å². The molecule has 0 aromatic carbocycles. The summed E-state index contributed by atoms with van der Waals surface area (Å²) in [4.78, 5) is 2.32. The third kappa shape index (κ3) is 5.41. The van der Waals surface area contributed by atoms with Gasteiger partial charge in [0.15, 0.2) is 0 Å². The number of nitrogens with zero attached hydrogens (tertiary/aromatic N) is 1. The molecule has 0 aromatic heterocycles. The highest BCUT2D eigenvalue weighted by atomic mass is 16.3. The van der Waals surface area contributed by atoms with Crippen molar-refractivity contribution in [2.75, 3.05) is 26.7 Å². The highest BCUT2D eigenvalue weighted by Crippen LogP contribution is 2.32. The van der Waals surface area contributed by atoms with Crippen molar-refractivity contribution in [3.05, 3.63) is 0 Å². The topological polar surface area (TPSA) is 35.5 Å². The number of nitrogens with one attached hydrogen (secondary N) is 1. The first-order valence-corrected chi connectivity index (χ1v) is 8.16. The first kappa shape index (κ1) is 16.9.